The van der Waals surface area contributed by atoms with E-state index in [9.17, 15) is 10.5 Å². The predicted molar refractivity (Wildman–Crippen MR) is 454 cm³/mol. The highest BCUT2D eigenvalue weighted by Gasteiger charge is 2.34. The third-order valence-corrected chi connectivity index (χ3v) is 20.8. The van der Waals surface area contributed by atoms with Crippen molar-refractivity contribution in [2.45, 2.75) is 6.18 Å². The van der Waals surface area contributed by atoms with Crippen LogP contribution in [0, 0.1) is 22.7 Å². The van der Waals surface area contributed by atoms with Gasteiger partial charge in [-0.25, -0.2) is 59.8 Å². The van der Waals surface area contributed by atoms with Gasteiger partial charge in [0.25, 0.3) is 0 Å². The Kier molecular flexibility index (Phi) is 17.7. The van der Waals surface area contributed by atoms with Gasteiger partial charge in [-0.3, -0.25) is 0 Å². The van der Waals surface area contributed by atoms with Crippen LogP contribution in [0.1, 0.15) is 16.7 Å². The molecule has 118 heavy (non-hydrogen) atoms. The van der Waals surface area contributed by atoms with Crippen LogP contribution in [-0.2, 0) is 6.18 Å². The number of halogens is 3. The van der Waals surface area contributed by atoms with Crippen LogP contribution in [0.5, 0.6) is 0 Å². The number of aromatic nitrogens is 14. The normalized spacial score (nSPS) is 11.5. The van der Waals surface area contributed by atoms with Crippen molar-refractivity contribution in [3.8, 4) is 171 Å². The van der Waals surface area contributed by atoms with Crippen LogP contribution >= 0.6 is 0 Å². The van der Waals surface area contributed by atoms with Crippen molar-refractivity contribution in [3.05, 3.63) is 362 Å². The van der Waals surface area contributed by atoms with E-state index in [1.54, 1.807) is 12.1 Å². The number of rotatable bonds is 15. The van der Waals surface area contributed by atoms with Gasteiger partial charge >= 0.3 is 6.18 Å². The fraction of sp³-hybridized carbons (Fsp3) is 0.0101. The summed E-state index contributed by atoms with van der Waals surface area (Å²) in [6, 6.07) is 112. The summed E-state index contributed by atoms with van der Waals surface area (Å²) < 4.78 is 51.2. The maximum atomic E-state index is 15.8. The van der Waals surface area contributed by atoms with E-state index < -0.39 is 11.7 Å². The summed E-state index contributed by atoms with van der Waals surface area (Å²) in [5.74, 6) is 4.65. The van der Waals surface area contributed by atoms with Gasteiger partial charge in [-0.2, -0.15) is 23.7 Å². The summed E-state index contributed by atoms with van der Waals surface area (Å²) in [6.45, 7) is 0. The standard InChI is InChI=1S/C99H57F3N16/c100-99(101,102)74-52-60(58-103)51-73(53-74)75-49-50-81(117-82-54-69(95-109-87(61-25-9-1-10-26-61)105-88(110-95)62-27-11-2-12-28-62)41-45-76(82)77-46-42-70(55-83(77)117)96-111-89(63-29-13-3-14-30-63)106-90(112-96)64-31-15-4-16-32-64)80(59-104)86(75)118-84-56-71(97-113-91(65-33-17-5-18-34-65)107-92(114-97)66-35-19-6-20-36-66)43-47-78(84)79-48-44-72(57-85(79)118)98-115-93(67-37-21-7-22-38-67)108-94(116-98)68-39-23-8-24-40-68/h1-57H. The SMILES string of the molecule is N#Cc1cc(-c2ccc(-n3c4cc(-c5nc(-c6ccccc6)nc(-c6ccccc6)n5)ccc4c4ccc(-c5nc(-c6ccccc6)nc(-c6ccccc6)n5)cc43)c(C#N)c2-n2c3cc(-c4nc(-c5ccccc5)nc(-c5ccccc5)n4)ccc3c3ccc(-c4nc(-c5ccccc5)nc(-c5ccccc5)n4)cc32)cc(C(F)(F)F)c1. The number of nitriles is 2. The smallest absolute Gasteiger partial charge is 0.308 e. The predicted octanol–water partition coefficient (Wildman–Crippen LogP) is 23.1. The molecule has 6 aromatic heterocycles. The van der Waals surface area contributed by atoms with Crippen LogP contribution in [-0.4, -0.2) is 68.9 Å². The molecule has 0 N–H and O–H groups in total. The lowest BCUT2D eigenvalue weighted by Gasteiger charge is -2.21. The molecule has 0 unspecified atom stereocenters. The molecule has 0 amide bonds. The van der Waals surface area contributed by atoms with Gasteiger partial charge in [-0.05, 0) is 54.1 Å². The van der Waals surface area contributed by atoms with Gasteiger partial charge in [0, 0.05) is 93.9 Å². The fourth-order valence-electron chi connectivity index (χ4n) is 15.2. The molecule has 19 heteroatoms. The molecule has 0 bridgehead atoms. The molecule has 0 radical (unpaired) electrons. The van der Waals surface area contributed by atoms with E-state index in [0.29, 0.717) is 131 Å². The van der Waals surface area contributed by atoms with E-state index in [2.05, 4.69) is 6.07 Å². The van der Waals surface area contributed by atoms with Gasteiger partial charge < -0.3 is 9.13 Å². The number of benzene rings is 14. The monoisotopic (exact) mass is 1530 g/mol. The minimum Gasteiger partial charge on any atom is -0.308 e. The number of hydrogen-bond acceptors (Lipinski definition) is 14. The van der Waals surface area contributed by atoms with Crippen molar-refractivity contribution in [1.29, 1.82) is 10.5 Å². The first-order valence-corrected chi connectivity index (χ1v) is 37.9. The van der Waals surface area contributed by atoms with Gasteiger partial charge in [0.2, 0.25) is 0 Å². The molecular formula is C99H57F3N16. The summed E-state index contributed by atoms with van der Waals surface area (Å²) in [5.41, 5.74) is 9.65. The summed E-state index contributed by atoms with van der Waals surface area (Å²) in [6.07, 6.45) is -4.93. The Labute approximate surface area is 672 Å². The third kappa shape index (κ3) is 13.2. The maximum Gasteiger partial charge on any atom is 0.416 e. The second-order valence-corrected chi connectivity index (χ2v) is 28.1. The van der Waals surface area contributed by atoms with E-state index in [1.807, 2.05) is 331 Å². The Balaban J connectivity index is 0.913. The first kappa shape index (κ1) is 70.6. The zero-order valence-corrected chi connectivity index (χ0v) is 62.2. The van der Waals surface area contributed by atoms with Crippen molar-refractivity contribution in [2.24, 2.45) is 0 Å². The molecule has 0 aliphatic rings. The number of hydrogen-bond donors (Lipinski definition) is 0. The number of nitrogens with zero attached hydrogens (tertiary/aromatic N) is 16. The Morgan fingerprint density at radius 2 is 0.475 bits per heavy atom. The molecule has 0 saturated carbocycles. The first-order valence-electron chi connectivity index (χ1n) is 37.9. The molecule has 554 valence electrons. The average Bonchev–Trinajstić information content (AvgIpc) is 1.45. The lowest BCUT2D eigenvalue weighted by Crippen LogP contribution is -2.08. The number of alkyl halides is 3. The highest BCUT2D eigenvalue weighted by molar-refractivity contribution is 6.14. The maximum absolute atomic E-state index is 15.8. The zero-order valence-electron chi connectivity index (χ0n) is 62.2. The average molecular weight is 1530 g/mol. The Morgan fingerprint density at radius 3 is 0.712 bits per heavy atom. The fourth-order valence-corrected chi connectivity index (χ4v) is 15.2. The first-order chi connectivity index (χ1) is 58.0. The van der Waals surface area contributed by atoms with Gasteiger partial charge in [-0.1, -0.05) is 297 Å². The Hall–Kier alpha value is -16.5. The van der Waals surface area contributed by atoms with Crippen LogP contribution < -0.4 is 0 Å². The Bertz CT molecular complexity index is 6810. The molecule has 6 heterocycles. The number of fused-ring (bicyclic) bond motifs is 6. The van der Waals surface area contributed by atoms with Crippen LogP contribution in [0.2, 0.25) is 0 Å². The van der Waals surface area contributed by atoms with E-state index in [1.165, 1.54) is 6.07 Å². The van der Waals surface area contributed by atoms with E-state index >= 15 is 13.2 Å². The molecule has 20 rings (SSSR count). The van der Waals surface area contributed by atoms with Crippen molar-refractivity contribution >= 4 is 43.6 Å². The molecule has 16 nitrogen and oxygen atoms in total. The van der Waals surface area contributed by atoms with E-state index in [0.717, 1.165) is 67.4 Å². The van der Waals surface area contributed by atoms with Crippen LogP contribution in [0.15, 0.2) is 346 Å². The van der Waals surface area contributed by atoms with E-state index in [4.69, 9.17) is 59.8 Å². The molecule has 0 atom stereocenters. The summed E-state index contributed by atoms with van der Waals surface area (Å²) >= 11 is 0. The van der Waals surface area contributed by atoms with Gasteiger partial charge in [0.05, 0.1) is 50.6 Å². The molecule has 0 spiro atoms. The van der Waals surface area contributed by atoms with Gasteiger partial charge in [-0.15, -0.1) is 0 Å². The van der Waals surface area contributed by atoms with Crippen molar-refractivity contribution in [1.82, 2.24) is 68.9 Å². The summed E-state index contributed by atoms with van der Waals surface area (Å²) in [5, 5.41) is 26.6. The van der Waals surface area contributed by atoms with Crippen LogP contribution in [0.3, 0.4) is 0 Å². The highest BCUT2D eigenvalue weighted by atomic mass is 19.4. The lowest BCUT2D eigenvalue weighted by atomic mass is 9.95. The lowest BCUT2D eigenvalue weighted by molar-refractivity contribution is -0.137. The zero-order chi connectivity index (χ0) is 79.4. The Morgan fingerprint density at radius 1 is 0.229 bits per heavy atom. The van der Waals surface area contributed by atoms with Crippen LogP contribution in [0.4, 0.5) is 13.2 Å². The van der Waals surface area contributed by atoms with Crippen molar-refractivity contribution in [2.75, 3.05) is 0 Å². The van der Waals surface area contributed by atoms with Crippen LogP contribution in [0.25, 0.3) is 203 Å². The molecule has 14 aromatic carbocycles. The highest BCUT2D eigenvalue weighted by Crippen LogP contribution is 2.47. The minimum absolute atomic E-state index is 0.00388. The third-order valence-electron chi connectivity index (χ3n) is 20.8. The second-order valence-electron chi connectivity index (χ2n) is 28.1. The minimum atomic E-state index is -4.93. The summed E-state index contributed by atoms with van der Waals surface area (Å²) in [7, 11) is 0. The quantitative estimate of drug-likeness (QED) is 0.0934. The van der Waals surface area contributed by atoms with Gasteiger partial charge in [0.15, 0.2) is 69.9 Å². The van der Waals surface area contributed by atoms with E-state index in [-0.39, 0.29) is 27.9 Å². The second kappa shape index (κ2) is 29.5. The largest absolute Gasteiger partial charge is 0.416 e. The molecule has 0 aliphatic carbocycles. The topological polar surface area (TPSA) is 212 Å². The molecule has 0 saturated heterocycles. The molecular weight excluding hydrogens is 1470 g/mol. The van der Waals surface area contributed by atoms with Crippen molar-refractivity contribution < 1.29 is 13.2 Å². The molecule has 0 fully saturated rings. The molecule has 0 aliphatic heterocycles. The molecule has 20 aromatic rings. The van der Waals surface area contributed by atoms with Gasteiger partial charge in [0.1, 0.15) is 11.6 Å². The van der Waals surface area contributed by atoms with Crippen molar-refractivity contribution in [3.63, 3.8) is 0 Å². The summed E-state index contributed by atoms with van der Waals surface area (Å²) in [4.78, 5) is 61.8.